The summed E-state index contributed by atoms with van der Waals surface area (Å²) < 4.78 is 24.2. The Morgan fingerprint density at radius 2 is 1.82 bits per heavy atom. The van der Waals surface area contributed by atoms with Crippen LogP contribution < -0.4 is 0 Å². The monoisotopic (exact) mass is 454 g/mol. The zero-order valence-electron chi connectivity index (χ0n) is 20.3. The molecule has 6 rings (SSSR count). The second-order valence-electron chi connectivity index (χ2n) is 12.2. The van der Waals surface area contributed by atoms with Gasteiger partial charge in [-0.25, -0.2) is 4.79 Å². The zero-order valence-corrected chi connectivity index (χ0v) is 20.3. The normalized spacial score (nSPS) is 51.6. The molecular formula is C27H34O6. The van der Waals surface area contributed by atoms with Gasteiger partial charge in [-0.05, 0) is 48.7 Å². The minimum Gasteiger partial charge on any atom is -0.472 e. The maximum atomic E-state index is 13.2. The highest BCUT2D eigenvalue weighted by Crippen LogP contribution is 2.79. The van der Waals surface area contributed by atoms with Crippen LogP contribution in [0.5, 0.6) is 0 Å². The highest BCUT2D eigenvalue weighted by Gasteiger charge is 2.88. The van der Waals surface area contributed by atoms with Gasteiger partial charge in [0.25, 0.3) is 0 Å². The number of hydrogen-bond acceptors (Lipinski definition) is 6. The van der Waals surface area contributed by atoms with Crippen molar-refractivity contribution in [2.75, 3.05) is 7.11 Å². The number of furan rings is 1. The van der Waals surface area contributed by atoms with Gasteiger partial charge in [-0.3, -0.25) is 4.79 Å². The summed E-state index contributed by atoms with van der Waals surface area (Å²) >= 11 is 0. The Balaban J connectivity index is 1.54. The predicted octanol–water partition coefficient (Wildman–Crippen LogP) is 4.64. The molecule has 6 nitrogen and oxygen atoms in total. The van der Waals surface area contributed by atoms with Gasteiger partial charge in [-0.2, -0.15) is 0 Å². The molecule has 1 spiro atoms. The standard InChI is InChI=1S/C27H34O6/c1-23(2)17-13-19(30-6)26(5)16(24(17,3)10-8-18(23)28)7-11-25(4)20(15-9-12-31-14-15)32-22(29)21-27(25,26)33-21/h8-10,12,14,16-17,19-21H,7,11,13H2,1-6H3/t16-,17+,19-,20-,21-,24-,25+,26+,27-/m1/s1. The molecule has 4 fully saturated rings. The molecule has 5 aliphatic rings. The largest absolute Gasteiger partial charge is 0.472 e. The minimum absolute atomic E-state index is 0.139. The second kappa shape index (κ2) is 6.19. The topological polar surface area (TPSA) is 78.3 Å². The smallest absolute Gasteiger partial charge is 0.339 e. The minimum atomic E-state index is -0.686. The average molecular weight is 455 g/mol. The van der Waals surface area contributed by atoms with Crippen LogP contribution in [-0.2, 0) is 23.8 Å². The molecule has 0 N–H and O–H groups in total. The fraction of sp³-hybridized carbons (Fsp3) is 0.704. The van der Waals surface area contributed by atoms with E-state index in [1.165, 1.54) is 0 Å². The van der Waals surface area contributed by atoms with Crippen molar-refractivity contribution >= 4 is 11.8 Å². The Morgan fingerprint density at radius 3 is 2.48 bits per heavy atom. The van der Waals surface area contributed by atoms with E-state index in [1.54, 1.807) is 25.7 Å². The van der Waals surface area contributed by atoms with Crippen molar-refractivity contribution in [2.45, 2.75) is 77.8 Å². The summed E-state index contributed by atoms with van der Waals surface area (Å²) in [6, 6.07) is 1.89. The van der Waals surface area contributed by atoms with Gasteiger partial charge in [0, 0.05) is 28.9 Å². The first-order valence-electron chi connectivity index (χ1n) is 12.2. The summed E-state index contributed by atoms with van der Waals surface area (Å²) in [5, 5.41) is 0. The van der Waals surface area contributed by atoms with Crippen LogP contribution in [0.25, 0.3) is 0 Å². The molecule has 0 radical (unpaired) electrons. The molecule has 2 saturated heterocycles. The molecule has 0 aromatic carbocycles. The second-order valence-corrected chi connectivity index (χ2v) is 12.2. The molecule has 2 saturated carbocycles. The number of ketones is 1. The molecule has 6 heteroatoms. The summed E-state index contributed by atoms with van der Waals surface area (Å²) in [4.78, 5) is 26.1. The number of methoxy groups -OCH3 is 1. The third-order valence-corrected chi connectivity index (χ3v) is 10.8. The lowest BCUT2D eigenvalue weighted by Gasteiger charge is -2.68. The Hall–Kier alpha value is -1.92. The van der Waals surface area contributed by atoms with E-state index in [-0.39, 0.29) is 35.1 Å². The Bertz CT molecular complexity index is 1060. The molecule has 178 valence electrons. The maximum absolute atomic E-state index is 13.2. The number of esters is 1. The average Bonchev–Trinajstić information content (AvgIpc) is 3.34. The van der Waals surface area contributed by atoms with Gasteiger partial charge in [0.2, 0.25) is 0 Å². The number of rotatable bonds is 2. The molecule has 3 aliphatic carbocycles. The van der Waals surface area contributed by atoms with Gasteiger partial charge in [-0.1, -0.05) is 40.7 Å². The lowest BCUT2D eigenvalue weighted by Crippen LogP contribution is -2.72. The molecule has 9 atom stereocenters. The molecule has 3 heterocycles. The molecule has 0 unspecified atom stereocenters. The predicted molar refractivity (Wildman–Crippen MR) is 119 cm³/mol. The van der Waals surface area contributed by atoms with Gasteiger partial charge in [-0.15, -0.1) is 0 Å². The van der Waals surface area contributed by atoms with Crippen LogP contribution in [-0.4, -0.2) is 36.7 Å². The van der Waals surface area contributed by atoms with E-state index >= 15 is 0 Å². The number of carbonyl (C=O) groups excluding carboxylic acids is 2. The van der Waals surface area contributed by atoms with E-state index in [1.807, 2.05) is 6.07 Å². The number of epoxide rings is 1. The summed E-state index contributed by atoms with van der Waals surface area (Å²) in [6.07, 6.45) is 8.66. The van der Waals surface area contributed by atoms with E-state index in [4.69, 9.17) is 18.6 Å². The van der Waals surface area contributed by atoms with E-state index in [0.717, 1.165) is 24.8 Å². The lowest BCUT2D eigenvalue weighted by atomic mass is 9.35. The maximum Gasteiger partial charge on any atom is 0.339 e. The number of allylic oxidation sites excluding steroid dienone is 2. The summed E-state index contributed by atoms with van der Waals surface area (Å²) in [7, 11) is 1.76. The number of carbonyl (C=O) groups is 2. The van der Waals surface area contributed by atoms with Crippen LogP contribution in [0.4, 0.5) is 0 Å². The van der Waals surface area contributed by atoms with E-state index in [9.17, 15) is 9.59 Å². The van der Waals surface area contributed by atoms with Gasteiger partial charge in [0.05, 0.1) is 18.6 Å². The van der Waals surface area contributed by atoms with E-state index in [0.29, 0.717) is 0 Å². The molecule has 1 aromatic rings. The SMILES string of the molecule is CO[C@@H]1C[C@H]2C(C)(C)C(=O)C=C[C@]2(C)[C@H]2CC[C@@]3(C)[C@@H](c4ccoc4)OC(=O)[C@H]4O[C@]43[C@@]21C. The fourth-order valence-electron chi connectivity index (χ4n) is 9.17. The highest BCUT2D eigenvalue weighted by atomic mass is 16.7. The third kappa shape index (κ3) is 2.19. The van der Waals surface area contributed by atoms with Crippen molar-refractivity contribution in [3.05, 3.63) is 36.3 Å². The van der Waals surface area contributed by atoms with Crippen molar-refractivity contribution in [3.63, 3.8) is 0 Å². The van der Waals surface area contributed by atoms with Crippen LogP contribution in [0.2, 0.25) is 0 Å². The Morgan fingerprint density at radius 1 is 1.06 bits per heavy atom. The first-order valence-corrected chi connectivity index (χ1v) is 12.2. The van der Waals surface area contributed by atoms with Crippen molar-refractivity contribution in [3.8, 4) is 0 Å². The molecule has 0 amide bonds. The first kappa shape index (κ1) is 21.6. The number of fused-ring (bicyclic) bond motifs is 3. The van der Waals surface area contributed by atoms with E-state index in [2.05, 4.69) is 40.7 Å². The van der Waals surface area contributed by atoms with Crippen molar-refractivity contribution in [2.24, 2.45) is 33.5 Å². The highest BCUT2D eigenvalue weighted by molar-refractivity contribution is 5.95. The quantitative estimate of drug-likeness (QED) is 0.478. The van der Waals surface area contributed by atoms with Gasteiger partial charge >= 0.3 is 5.97 Å². The molecule has 1 aromatic heterocycles. The van der Waals surface area contributed by atoms with Gasteiger partial charge in [0.1, 0.15) is 11.7 Å². The van der Waals surface area contributed by atoms with Crippen LogP contribution in [0.3, 0.4) is 0 Å². The summed E-state index contributed by atoms with van der Waals surface area (Å²) in [5.41, 5.74) is -1.31. The summed E-state index contributed by atoms with van der Waals surface area (Å²) in [5.74, 6) is 0.247. The van der Waals surface area contributed by atoms with Gasteiger partial charge < -0.3 is 18.6 Å². The number of hydrogen-bond donors (Lipinski definition) is 0. The zero-order chi connectivity index (χ0) is 23.6. The van der Waals surface area contributed by atoms with Crippen LogP contribution in [0, 0.1) is 33.5 Å². The Labute approximate surface area is 195 Å². The van der Waals surface area contributed by atoms with Crippen molar-refractivity contribution < 1.29 is 28.2 Å². The third-order valence-electron chi connectivity index (χ3n) is 10.8. The van der Waals surface area contributed by atoms with Crippen LogP contribution in [0.1, 0.15) is 65.5 Å². The van der Waals surface area contributed by atoms with Crippen molar-refractivity contribution in [1.29, 1.82) is 0 Å². The first-order chi connectivity index (χ1) is 15.5. The number of cyclic esters (lactones) is 1. The molecule has 33 heavy (non-hydrogen) atoms. The molecular weight excluding hydrogens is 420 g/mol. The fourth-order valence-corrected chi connectivity index (χ4v) is 9.17. The van der Waals surface area contributed by atoms with Gasteiger partial charge in [0.15, 0.2) is 11.9 Å². The summed E-state index contributed by atoms with van der Waals surface area (Å²) in [6.45, 7) is 10.9. The lowest BCUT2D eigenvalue weighted by molar-refractivity contribution is -0.251. The van der Waals surface area contributed by atoms with E-state index < -0.39 is 34.1 Å². The Kier molecular flexibility index (Phi) is 4.06. The molecule has 2 aliphatic heterocycles. The van der Waals surface area contributed by atoms with Crippen LogP contribution >= 0.6 is 0 Å². The van der Waals surface area contributed by atoms with Crippen molar-refractivity contribution in [1.82, 2.24) is 0 Å². The van der Waals surface area contributed by atoms with Crippen LogP contribution in [0.15, 0.2) is 35.2 Å². The number of ether oxygens (including phenoxy) is 3. The molecule has 0 bridgehead atoms.